The average Bonchev–Trinajstić information content (AvgIpc) is 3.15. The van der Waals surface area contributed by atoms with E-state index in [4.69, 9.17) is 0 Å². The van der Waals surface area contributed by atoms with Crippen LogP contribution in [0.5, 0.6) is 0 Å². The van der Waals surface area contributed by atoms with Crippen LogP contribution in [-0.2, 0) is 23.3 Å². The van der Waals surface area contributed by atoms with Crippen molar-refractivity contribution >= 4 is 17.7 Å². The fourth-order valence-corrected chi connectivity index (χ4v) is 5.00. The minimum Gasteiger partial charge on any atom is -0.348 e. The van der Waals surface area contributed by atoms with Gasteiger partial charge in [0.15, 0.2) is 5.78 Å². The third-order valence-electron chi connectivity index (χ3n) is 6.76. The Balaban J connectivity index is 1.57. The normalized spacial score (nSPS) is 20.5. The summed E-state index contributed by atoms with van der Waals surface area (Å²) in [6.45, 7) is 8.90. The van der Waals surface area contributed by atoms with E-state index in [2.05, 4.69) is 23.7 Å². The molecule has 2 aliphatic rings. The van der Waals surface area contributed by atoms with Gasteiger partial charge in [-0.1, -0.05) is 38.1 Å². The molecule has 0 radical (unpaired) electrons. The third kappa shape index (κ3) is 3.58. The lowest BCUT2D eigenvalue weighted by molar-refractivity contribution is -0.131. The predicted molar refractivity (Wildman–Crippen MR) is 119 cm³/mol. The molecule has 1 aromatic heterocycles. The van der Waals surface area contributed by atoms with Gasteiger partial charge in [-0.3, -0.25) is 14.5 Å². The van der Waals surface area contributed by atoms with Crippen LogP contribution >= 0.6 is 0 Å². The number of aryl methyl sites for hydroxylation is 2. The lowest BCUT2D eigenvalue weighted by atomic mass is 9.76. The van der Waals surface area contributed by atoms with Gasteiger partial charge in [0.05, 0.1) is 6.54 Å². The highest BCUT2D eigenvalue weighted by Crippen LogP contribution is 2.40. The molecule has 6 heteroatoms. The molecule has 1 aromatic carbocycles. The molecule has 31 heavy (non-hydrogen) atoms. The molecule has 1 spiro atoms. The molecular formula is C25H31N3O3. The monoisotopic (exact) mass is 421 g/mol. The molecule has 6 nitrogen and oxygen atoms in total. The number of nitrogens with one attached hydrogen (secondary N) is 1. The zero-order valence-corrected chi connectivity index (χ0v) is 18.8. The van der Waals surface area contributed by atoms with Gasteiger partial charge >= 0.3 is 6.03 Å². The van der Waals surface area contributed by atoms with Crippen molar-refractivity contribution in [2.45, 2.75) is 65.5 Å². The van der Waals surface area contributed by atoms with E-state index < -0.39 is 11.6 Å². The molecule has 0 saturated carbocycles. The lowest BCUT2D eigenvalue weighted by Crippen LogP contribution is -2.46. The second-order valence-corrected chi connectivity index (χ2v) is 9.28. The number of carbonyl (C=O) groups excluding carboxylic acids is 3. The van der Waals surface area contributed by atoms with Gasteiger partial charge in [-0.2, -0.15) is 0 Å². The Bertz CT molecular complexity index is 1050. The molecule has 0 bridgehead atoms. The minimum atomic E-state index is -1.04. The first-order valence-corrected chi connectivity index (χ1v) is 11.2. The van der Waals surface area contributed by atoms with E-state index in [1.54, 1.807) is 0 Å². The summed E-state index contributed by atoms with van der Waals surface area (Å²) in [5.41, 5.74) is 3.42. The van der Waals surface area contributed by atoms with Crippen LogP contribution in [0.3, 0.4) is 0 Å². The number of hydrogen-bond donors (Lipinski definition) is 1. The van der Waals surface area contributed by atoms with Gasteiger partial charge in [0.2, 0.25) is 0 Å². The van der Waals surface area contributed by atoms with Crippen molar-refractivity contribution in [2.24, 2.45) is 5.92 Å². The van der Waals surface area contributed by atoms with Gasteiger partial charge in [0.1, 0.15) is 5.54 Å². The molecule has 1 N–H and O–H groups in total. The molecule has 2 aromatic rings. The number of Topliss-reactive ketones (excluding diaryl/α,β-unsaturated/α-hetero) is 1. The molecular weight excluding hydrogens is 390 g/mol. The van der Waals surface area contributed by atoms with Crippen LogP contribution in [0.4, 0.5) is 4.79 Å². The summed E-state index contributed by atoms with van der Waals surface area (Å²) >= 11 is 0. The van der Waals surface area contributed by atoms with Crippen molar-refractivity contribution < 1.29 is 14.4 Å². The summed E-state index contributed by atoms with van der Waals surface area (Å²) in [7, 11) is 0. The maximum absolute atomic E-state index is 13.4. The van der Waals surface area contributed by atoms with Crippen LogP contribution in [0.2, 0.25) is 0 Å². The molecule has 1 aliphatic carbocycles. The summed E-state index contributed by atoms with van der Waals surface area (Å²) in [5, 5.41) is 2.93. The number of imide groups is 1. The highest BCUT2D eigenvalue weighted by molar-refractivity contribution is 6.11. The van der Waals surface area contributed by atoms with Crippen LogP contribution in [0.15, 0.2) is 30.3 Å². The number of nitrogens with zero attached hydrogens (tertiary/aromatic N) is 2. The number of fused-ring (bicyclic) bond motifs is 2. The fourth-order valence-electron chi connectivity index (χ4n) is 5.00. The summed E-state index contributed by atoms with van der Waals surface area (Å²) in [4.78, 5) is 40.5. The fraction of sp³-hybridized carbons (Fsp3) is 0.480. The van der Waals surface area contributed by atoms with Crippen molar-refractivity contribution in [2.75, 3.05) is 6.54 Å². The number of aromatic nitrogens is 1. The number of rotatable bonds is 6. The summed E-state index contributed by atoms with van der Waals surface area (Å²) in [6, 6.07) is 9.17. The first-order valence-electron chi connectivity index (χ1n) is 11.2. The number of hydrogen-bond acceptors (Lipinski definition) is 3. The van der Waals surface area contributed by atoms with Crippen LogP contribution in [-0.4, -0.2) is 33.7 Å². The molecule has 3 amide bonds. The predicted octanol–water partition coefficient (Wildman–Crippen LogP) is 4.12. The molecule has 1 aliphatic heterocycles. The minimum absolute atomic E-state index is 0.200. The van der Waals surface area contributed by atoms with E-state index >= 15 is 0 Å². The standard InChI is InChI=1S/C25H31N3O3/c1-16(2)11-13-27-17(3)14-20(18(27)4)22(29)15-28-23(30)25(26-24(28)31)12-7-9-19-8-5-6-10-21(19)25/h5-6,8,10,14,16H,7,9,11-13,15H2,1-4H3,(H,26,31)/t25-/m1/s1. The number of benzene rings is 1. The SMILES string of the molecule is Cc1cc(C(=O)CN2C(=O)N[C@@]3(CCCc4ccccc43)C2=O)c(C)n1CCC(C)C. The van der Waals surface area contributed by atoms with Gasteiger partial charge < -0.3 is 9.88 Å². The maximum Gasteiger partial charge on any atom is 0.325 e. The highest BCUT2D eigenvalue weighted by Gasteiger charge is 2.54. The number of amides is 3. The topological polar surface area (TPSA) is 71.4 Å². The molecule has 1 fully saturated rings. The second kappa shape index (κ2) is 7.98. The number of ketones is 1. The van der Waals surface area contributed by atoms with Gasteiger partial charge in [0, 0.05) is 23.5 Å². The number of urea groups is 1. The Kier molecular flexibility index (Phi) is 5.50. The van der Waals surface area contributed by atoms with Gasteiger partial charge in [-0.15, -0.1) is 0 Å². The zero-order valence-electron chi connectivity index (χ0n) is 18.8. The van der Waals surface area contributed by atoms with E-state index in [0.29, 0.717) is 17.9 Å². The first-order chi connectivity index (χ1) is 14.7. The van der Waals surface area contributed by atoms with Crippen molar-refractivity contribution in [1.29, 1.82) is 0 Å². The third-order valence-corrected chi connectivity index (χ3v) is 6.76. The Morgan fingerprint density at radius 3 is 2.68 bits per heavy atom. The summed E-state index contributed by atoms with van der Waals surface area (Å²) < 4.78 is 2.15. The van der Waals surface area contributed by atoms with Crippen molar-refractivity contribution in [3.63, 3.8) is 0 Å². The number of carbonyl (C=O) groups is 3. The Morgan fingerprint density at radius 1 is 1.19 bits per heavy atom. The van der Waals surface area contributed by atoms with Crippen LogP contribution in [0.25, 0.3) is 0 Å². The van der Waals surface area contributed by atoms with Crippen molar-refractivity contribution in [1.82, 2.24) is 14.8 Å². The Morgan fingerprint density at radius 2 is 1.94 bits per heavy atom. The molecule has 164 valence electrons. The van der Waals surface area contributed by atoms with Gasteiger partial charge in [-0.05, 0) is 62.6 Å². The van der Waals surface area contributed by atoms with E-state index in [1.165, 1.54) is 0 Å². The quantitative estimate of drug-likeness (QED) is 0.563. The van der Waals surface area contributed by atoms with E-state index in [-0.39, 0.29) is 18.2 Å². The van der Waals surface area contributed by atoms with Crippen LogP contribution in [0.1, 0.15) is 66.0 Å². The largest absolute Gasteiger partial charge is 0.348 e. The van der Waals surface area contributed by atoms with Crippen molar-refractivity contribution in [3.05, 3.63) is 58.4 Å². The van der Waals surface area contributed by atoms with E-state index in [9.17, 15) is 14.4 Å². The van der Waals surface area contributed by atoms with Crippen molar-refractivity contribution in [3.8, 4) is 0 Å². The van der Waals surface area contributed by atoms with Crippen LogP contribution in [0, 0.1) is 19.8 Å². The summed E-state index contributed by atoms with van der Waals surface area (Å²) in [5.74, 6) is 0.0565. The van der Waals surface area contributed by atoms with Crippen LogP contribution < -0.4 is 5.32 Å². The second-order valence-electron chi connectivity index (χ2n) is 9.28. The molecule has 2 heterocycles. The molecule has 1 atom stereocenters. The summed E-state index contributed by atoms with van der Waals surface area (Å²) in [6.07, 6.45) is 3.30. The first kappa shape index (κ1) is 21.3. The highest BCUT2D eigenvalue weighted by atomic mass is 16.2. The lowest BCUT2D eigenvalue weighted by Gasteiger charge is -2.33. The van der Waals surface area contributed by atoms with E-state index in [0.717, 1.165) is 53.2 Å². The maximum atomic E-state index is 13.4. The molecule has 4 rings (SSSR count). The molecule has 1 saturated heterocycles. The Hall–Kier alpha value is -2.89. The van der Waals surface area contributed by atoms with Gasteiger partial charge in [-0.25, -0.2) is 4.79 Å². The average molecular weight is 422 g/mol. The van der Waals surface area contributed by atoms with Gasteiger partial charge in [0.25, 0.3) is 5.91 Å². The molecule has 0 unspecified atom stereocenters. The smallest absolute Gasteiger partial charge is 0.325 e. The zero-order chi connectivity index (χ0) is 22.3. The van der Waals surface area contributed by atoms with E-state index in [1.807, 2.05) is 44.2 Å². The Labute approximate surface area is 183 Å².